The molecule has 1 amide bonds. The summed E-state index contributed by atoms with van der Waals surface area (Å²) in [6.07, 6.45) is 8.79. The number of fused-ring (bicyclic) bond motifs is 2. The van der Waals surface area contributed by atoms with Crippen LogP contribution in [0, 0.1) is 0 Å². The molecule has 8 nitrogen and oxygen atoms in total. The summed E-state index contributed by atoms with van der Waals surface area (Å²) >= 11 is 0. The van der Waals surface area contributed by atoms with E-state index in [1.807, 2.05) is 18.3 Å². The maximum absolute atomic E-state index is 14.2. The standard InChI is InChI=1S/C23H25F2N7O/c1-22(2,24)12-28-20(33)17-11-30-32-7-4-14(8-18(17)32)15-9-26-19-16(15)10-27-21(31-19)29-13-23(25)5-3-6-23/h4,7-11H,3,5-6,12-13H2,1-2H3,(H,28,33)(H2,26,27,29,31). The summed E-state index contributed by atoms with van der Waals surface area (Å²) in [5, 5.41) is 10.6. The Labute approximate surface area is 188 Å². The van der Waals surface area contributed by atoms with Gasteiger partial charge in [0.1, 0.15) is 17.0 Å². The Morgan fingerprint density at radius 3 is 2.88 bits per heavy atom. The summed E-state index contributed by atoms with van der Waals surface area (Å²) in [6.45, 7) is 2.92. The number of alkyl halides is 2. The maximum Gasteiger partial charge on any atom is 0.255 e. The minimum atomic E-state index is -1.51. The first-order chi connectivity index (χ1) is 15.7. The van der Waals surface area contributed by atoms with E-state index in [1.54, 1.807) is 16.9 Å². The van der Waals surface area contributed by atoms with Gasteiger partial charge in [-0.05, 0) is 50.8 Å². The Bertz CT molecular complexity index is 1330. The van der Waals surface area contributed by atoms with E-state index in [0.29, 0.717) is 35.5 Å². The Hall–Kier alpha value is -3.56. The second kappa shape index (κ2) is 7.79. The number of aromatic nitrogens is 5. The van der Waals surface area contributed by atoms with Gasteiger partial charge in [0.15, 0.2) is 0 Å². The van der Waals surface area contributed by atoms with Crippen molar-refractivity contribution >= 4 is 28.4 Å². The van der Waals surface area contributed by atoms with E-state index in [-0.39, 0.29) is 19.0 Å². The zero-order valence-corrected chi connectivity index (χ0v) is 18.5. The maximum atomic E-state index is 14.2. The molecular weight excluding hydrogens is 428 g/mol. The third-order valence-electron chi connectivity index (χ3n) is 5.99. The van der Waals surface area contributed by atoms with Crippen LogP contribution < -0.4 is 10.6 Å². The quantitative estimate of drug-likeness (QED) is 0.392. The number of nitrogens with zero attached hydrogens (tertiary/aromatic N) is 4. The second-order valence-corrected chi connectivity index (χ2v) is 9.22. The molecule has 3 N–H and O–H groups in total. The summed E-state index contributed by atoms with van der Waals surface area (Å²) in [7, 11) is 0. The largest absolute Gasteiger partial charge is 0.351 e. The first kappa shape index (κ1) is 21.3. The van der Waals surface area contributed by atoms with E-state index in [0.717, 1.165) is 22.9 Å². The molecule has 0 aliphatic heterocycles. The molecule has 0 radical (unpaired) electrons. The van der Waals surface area contributed by atoms with Crippen molar-refractivity contribution in [3.8, 4) is 11.1 Å². The molecule has 0 spiro atoms. The highest BCUT2D eigenvalue weighted by molar-refractivity contribution is 6.02. The van der Waals surface area contributed by atoms with Gasteiger partial charge < -0.3 is 15.6 Å². The van der Waals surface area contributed by atoms with Crippen LogP contribution in [0.3, 0.4) is 0 Å². The molecule has 1 fully saturated rings. The molecule has 1 saturated carbocycles. The van der Waals surface area contributed by atoms with Gasteiger partial charge >= 0.3 is 0 Å². The number of nitrogens with one attached hydrogen (secondary N) is 3. The molecule has 5 rings (SSSR count). The van der Waals surface area contributed by atoms with Crippen molar-refractivity contribution in [1.82, 2.24) is 29.9 Å². The van der Waals surface area contributed by atoms with Gasteiger partial charge in [0, 0.05) is 29.5 Å². The molecule has 0 unspecified atom stereocenters. The third-order valence-corrected chi connectivity index (χ3v) is 5.99. The Morgan fingerprint density at radius 1 is 1.33 bits per heavy atom. The molecule has 4 heterocycles. The highest BCUT2D eigenvalue weighted by atomic mass is 19.1. The minimum absolute atomic E-state index is 0.0947. The smallest absolute Gasteiger partial charge is 0.255 e. The molecule has 33 heavy (non-hydrogen) atoms. The average Bonchev–Trinajstić information content (AvgIpc) is 3.37. The minimum Gasteiger partial charge on any atom is -0.351 e. The number of H-pyrrole nitrogens is 1. The SMILES string of the molecule is CC(C)(F)CNC(=O)c1cnn2ccc(-c3c[nH]c4nc(NCC5(F)CCC5)ncc34)cc12. The topological polar surface area (TPSA) is 100 Å². The summed E-state index contributed by atoms with van der Waals surface area (Å²) in [6, 6.07) is 3.73. The fourth-order valence-corrected chi connectivity index (χ4v) is 3.91. The van der Waals surface area contributed by atoms with E-state index < -0.39 is 11.3 Å². The lowest BCUT2D eigenvalue weighted by atomic mass is 9.82. The van der Waals surface area contributed by atoms with Crippen LogP contribution in [0.5, 0.6) is 0 Å². The van der Waals surface area contributed by atoms with Crippen molar-refractivity contribution in [2.75, 3.05) is 18.4 Å². The lowest BCUT2D eigenvalue weighted by molar-refractivity contribution is 0.0782. The van der Waals surface area contributed by atoms with E-state index >= 15 is 0 Å². The van der Waals surface area contributed by atoms with Crippen LogP contribution in [0.2, 0.25) is 0 Å². The number of halogens is 2. The van der Waals surface area contributed by atoms with Gasteiger partial charge in [0.25, 0.3) is 5.91 Å². The van der Waals surface area contributed by atoms with Crippen LogP contribution in [0.4, 0.5) is 14.7 Å². The lowest BCUT2D eigenvalue weighted by Gasteiger charge is -2.33. The number of aromatic amines is 1. The summed E-state index contributed by atoms with van der Waals surface area (Å²) in [5.41, 5.74) is 0.617. The van der Waals surface area contributed by atoms with E-state index in [2.05, 4.69) is 30.7 Å². The number of carbonyl (C=O) groups is 1. The van der Waals surface area contributed by atoms with Gasteiger partial charge in [-0.2, -0.15) is 10.1 Å². The molecule has 4 aromatic heterocycles. The van der Waals surface area contributed by atoms with Gasteiger partial charge in [-0.25, -0.2) is 18.3 Å². The van der Waals surface area contributed by atoms with Crippen molar-refractivity contribution in [2.24, 2.45) is 0 Å². The van der Waals surface area contributed by atoms with Crippen molar-refractivity contribution in [2.45, 2.75) is 44.4 Å². The predicted molar refractivity (Wildman–Crippen MR) is 122 cm³/mol. The van der Waals surface area contributed by atoms with Crippen LogP contribution in [0.15, 0.2) is 36.9 Å². The Balaban J connectivity index is 1.41. The molecule has 0 bridgehead atoms. The fourth-order valence-electron chi connectivity index (χ4n) is 3.91. The highest BCUT2D eigenvalue weighted by Gasteiger charge is 2.36. The van der Waals surface area contributed by atoms with Gasteiger partial charge in [0.05, 0.1) is 30.4 Å². The predicted octanol–water partition coefficient (Wildman–Crippen LogP) is 4.05. The number of rotatable bonds is 7. The summed E-state index contributed by atoms with van der Waals surface area (Å²) in [5.74, 6) is -0.0104. The Kier molecular flexibility index (Phi) is 5.02. The van der Waals surface area contributed by atoms with Gasteiger partial charge in [-0.1, -0.05) is 0 Å². The van der Waals surface area contributed by atoms with E-state index in [4.69, 9.17) is 0 Å². The first-order valence-corrected chi connectivity index (χ1v) is 10.9. The van der Waals surface area contributed by atoms with Crippen LogP contribution in [-0.4, -0.2) is 54.9 Å². The molecule has 1 aliphatic carbocycles. The van der Waals surface area contributed by atoms with Crippen molar-refractivity contribution < 1.29 is 13.6 Å². The summed E-state index contributed by atoms with van der Waals surface area (Å²) < 4.78 is 29.6. The molecule has 0 saturated heterocycles. The zero-order valence-electron chi connectivity index (χ0n) is 18.5. The Morgan fingerprint density at radius 2 is 2.15 bits per heavy atom. The normalized spacial score (nSPS) is 15.5. The van der Waals surface area contributed by atoms with Gasteiger partial charge in [0.2, 0.25) is 5.95 Å². The molecule has 4 aromatic rings. The molecular formula is C23H25F2N7O. The number of amides is 1. The van der Waals surface area contributed by atoms with Crippen LogP contribution >= 0.6 is 0 Å². The number of pyridine rings is 1. The van der Waals surface area contributed by atoms with Gasteiger partial charge in [-0.3, -0.25) is 4.79 Å². The van der Waals surface area contributed by atoms with Crippen LogP contribution in [-0.2, 0) is 0 Å². The molecule has 10 heteroatoms. The second-order valence-electron chi connectivity index (χ2n) is 9.22. The monoisotopic (exact) mass is 453 g/mol. The van der Waals surface area contributed by atoms with Crippen LogP contribution in [0.1, 0.15) is 43.5 Å². The van der Waals surface area contributed by atoms with Crippen molar-refractivity contribution in [3.63, 3.8) is 0 Å². The molecule has 172 valence electrons. The fraction of sp³-hybridized carbons (Fsp3) is 0.391. The van der Waals surface area contributed by atoms with Crippen molar-refractivity contribution in [3.05, 3.63) is 42.5 Å². The zero-order chi connectivity index (χ0) is 23.2. The molecule has 0 atom stereocenters. The van der Waals surface area contributed by atoms with E-state index in [1.165, 1.54) is 20.0 Å². The lowest BCUT2D eigenvalue weighted by Crippen LogP contribution is -2.39. The number of anilines is 1. The third kappa shape index (κ3) is 4.24. The van der Waals surface area contributed by atoms with Crippen LogP contribution in [0.25, 0.3) is 27.7 Å². The molecule has 0 aromatic carbocycles. The number of carbonyl (C=O) groups excluding carboxylic acids is 1. The van der Waals surface area contributed by atoms with Gasteiger partial charge in [-0.15, -0.1) is 0 Å². The first-order valence-electron chi connectivity index (χ1n) is 10.9. The van der Waals surface area contributed by atoms with Crippen molar-refractivity contribution in [1.29, 1.82) is 0 Å². The van der Waals surface area contributed by atoms with E-state index in [9.17, 15) is 13.6 Å². The number of hydrogen-bond acceptors (Lipinski definition) is 5. The molecule has 1 aliphatic rings. The number of hydrogen-bond donors (Lipinski definition) is 3. The highest BCUT2D eigenvalue weighted by Crippen LogP contribution is 2.36. The average molecular weight is 453 g/mol. The summed E-state index contributed by atoms with van der Waals surface area (Å²) in [4.78, 5) is 24.5.